The molecule has 0 N–H and O–H groups in total. The summed E-state index contributed by atoms with van der Waals surface area (Å²) in [7, 11) is 1.87. The SMILES string of the molecule is Cc1nn(C)c2ncc(C(=O)N3CCCCCC3)cc12. The second kappa shape index (κ2) is 5.23. The van der Waals surface area contributed by atoms with Gasteiger partial charge in [0.15, 0.2) is 5.65 Å². The van der Waals surface area contributed by atoms with E-state index in [4.69, 9.17) is 0 Å². The lowest BCUT2D eigenvalue weighted by molar-refractivity contribution is 0.0761. The van der Waals surface area contributed by atoms with Gasteiger partial charge in [-0.2, -0.15) is 5.10 Å². The van der Waals surface area contributed by atoms with Crippen LogP contribution in [0.2, 0.25) is 0 Å². The molecule has 1 saturated heterocycles. The number of carbonyl (C=O) groups is 1. The number of aryl methyl sites for hydroxylation is 2. The van der Waals surface area contributed by atoms with Gasteiger partial charge in [-0.3, -0.25) is 9.48 Å². The molecule has 2 aromatic heterocycles. The first-order chi connectivity index (χ1) is 9.66. The molecule has 2 aromatic rings. The van der Waals surface area contributed by atoms with Crippen molar-refractivity contribution in [2.75, 3.05) is 13.1 Å². The highest BCUT2D eigenvalue weighted by Gasteiger charge is 2.19. The monoisotopic (exact) mass is 272 g/mol. The maximum atomic E-state index is 12.6. The van der Waals surface area contributed by atoms with Gasteiger partial charge >= 0.3 is 0 Å². The molecule has 5 heteroatoms. The van der Waals surface area contributed by atoms with Crippen LogP contribution in [0.1, 0.15) is 41.7 Å². The van der Waals surface area contributed by atoms with Crippen molar-refractivity contribution >= 4 is 16.9 Å². The summed E-state index contributed by atoms with van der Waals surface area (Å²) in [5.41, 5.74) is 2.42. The Hall–Kier alpha value is -1.91. The van der Waals surface area contributed by atoms with Crippen molar-refractivity contribution in [2.45, 2.75) is 32.6 Å². The van der Waals surface area contributed by atoms with Crippen LogP contribution in [0.25, 0.3) is 11.0 Å². The van der Waals surface area contributed by atoms with E-state index in [9.17, 15) is 4.79 Å². The lowest BCUT2D eigenvalue weighted by atomic mass is 10.2. The summed E-state index contributed by atoms with van der Waals surface area (Å²) < 4.78 is 1.75. The lowest BCUT2D eigenvalue weighted by Crippen LogP contribution is -2.31. The Labute approximate surface area is 118 Å². The molecule has 1 aliphatic heterocycles. The number of pyridine rings is 1. The number of rotatable bonds is 1. The summed E-state index contributed by atoms with van der Waals surface area (Å²) in [4.78, 5) is 18.9. The number of fused-ring (bicyclic) bond motifs is 1. The van der Waals surface area contributed by atoms with Crippen LogP contribution >= 0.6 is 0 Å². The minimum absolute atomic E-state index is 0.101. The largest absolute Gasteiger partial charge is 0.339 e. The maximum Gasteiger partial charge on any atom is 0.255 e. The van der Waals surface area contributed by atoms with E-state index in [0.717, 1.165) is 42.7 Å². The molecular formula is C15H20N4O. The highest BCUT2D eigenvalue weighted by Crippen LogP contribution is 2.19. The standard InChI is InChI=1S/C15H20N4O/c1-11-13-9-12(10-16-14(13)18(2)17-11)15(20)19-7-5-3-4-6-8-19/h9-10H,3-8H2,1-2H3. The van der Waals surface area contributed by atoms with E-state index < -0.39 is 0 Å². The van der Waals surface area contributed by atoms with Crippen LogP contribution in [0.15, 0.2) is 12.3 Å². The van der Waals surface area contributed by atoms with Crippen LogP contribution < -0.4 is 0 Å². The summed E-state index contributed by atoms with van der Waals surface area (Å²) in [5, 5.41) is 5.31. The van der Waals surface area contributed by atoms with Gasteiger partial charge in [0.05, 0.1) is 11.3 Å². The van der Waals surface area contributed by atoms with Gasteiger partial charge in [0, 0.05) is 31.7 Å². The van der Waals surface area contributed by atoms with Crippen molar-refractivity contribution < 1.29 is 4.79 Å². The first-order valence-electron chi connectivity index (χ1n) is 7.25. The van der Waals surface area contributed by atoms with E-state index in [1.54, 1.807) is 10.9 Å². The molecule has 3 heterocycles. The summed E-state index contributed by atoms with van der Waals surface area (Å²) in [6.07, 6.45) is 6.34. The Morgan fingerprint density at radius 3 is 2.60 bits per heavy atom. The zero-order chi connectivity index (χ0) is 14.1. The second-order valence-corrected chi connectivity index (χ2v) is 5.51. The Bertz CT molecular complexity index is 639. The molecule has 0 bridgehead atoms. The number of nitrogens with zero attached hydrogens (tertiary/aromatic N) is 4. The Morgan fingerprint density at radius 2 is 1.90 bits per heavy atom. The zero-order valence-corrected chi connectivity index (χ0v) is 12.1. The molecule has 20 heavy (non-hydrogen) atoms. The average Bonchev–Trinajstić information content (AvgIpc) is 2.65. The second-order valence-electron chi connectivity index (χ2n) is 5.51. The number of likely N-dealkylation sites (tertiary alicyclic amines) is 1. The fraction of sp³-hybridized carbons (Fsp3) is 0.533. The minimum atomic E-state index is 0.101. The normalized spacial score (nSPS) is 16.4. The van der Waals surface area contributed by atoms with E-state index >= 15 is 0 Å². The molecule has 106 valence electrons. The van der Waals surface area contributed by atoms with Crippen molar-refractivity contribution in [3.05, 3.63) is 23.5 Å². The fourth-order valence-corrected chi connectivity index (χ4v) is 2.88. The third-order valence-electron chi connectivity index (χ3n) is 4.00. The van der Waals surface area contributed by atoms with E-state index in [2.05, 4.69) is 10.1 Å². The van der Waals surface area contributed by atoms with Crippen LogP contribution in [0.3, 0.4) is 0 Å². The topological polar surface area (TPSA) is 51.0 Å². The predicted octanol–water partition coefficient (Wildman–Crippen LogP) is 2.29. The minimum Gasteiger partial charge on any atom is -0.339 e. The number of hydrogen-bond donors (Lipinski definition) is 0. The van der Waals surface area contributed by atoms with Crippen LogP contribution in [0, 0.1) is 6.92 Å². The molecule has 0 spiro atoms. The van der Waals surface area contributed by atoms with Crippen LogP contribution in [-0.4, -0.2) is 38.7 Å². The molecule has 1 amide bonds. The van der Waals surface area contributed by atoms with Gasteiger partial charge in [0.2, 0.25) is 0 Å². The molecule has 5 nitrogen and oxygen atoms in total. The number of hydrogen-bond acceptors (Lipinski definition) is 3. The van der Waals surface area contributed by atoms with Gasteiger partial charge in [-0.15, -0.1) is 0 Å². The molecule has 3 rings (SSSR count). The average molecular weight is 272 g/mol. The van der Waals surface area contributed by atoms with Crippen molar-refractivity contribution in [2.24, 2.45) is 7.05 Å². The molecule has 1 fully saturated rings. The Morgan fingerprint density at radius 1 is 1.20 bits per heavy atom. The van der Waals surface area contributed by atoms with Crippen LogP contribution in [0.5, 0.6) is 0 Å². The van der Waals surface area contributed by atoms with E-state index in [1.807, 2.05) is 24.9 Å². The summed E-state index contributed by atoms with van der Waals surface area (Å²) >= 11 is 0. The first-order valence-corrected chi connectivity index (χ1v) is 7.25. The predicted molar refractivity (Wildman–Crippen MR) is 77.6 cm³/mol. The first kappa shape index (κ1) is 13.1. The number of aromatic nitrogens is 3. The molecule has 0 saturated carbocycles. The van der Waals surface area contributed by atoms with Gasteiger partial charge < -0.3 is 4.90 Å². The Balaban J connectivity index is 1.92. The summed E-state index contributed by atoms with van der Waals surface area (Å²) in [6.45, 7) is 3.68. The molecule has 0 unspecified atom stereocenters. The third-order valence-corrected chi connectivity index (χ3v) is 4.00. The maximum absolute atomic E-state index is 12.6. The van der Waals surface area contributed by atoms with Crippen molar-refractivity contribution in [3.8, 4) is 0 Å². The van der Waals surface area contributed by atoms with Gasteiger partial charge in [0.25, 0.3) is 5.91 Å². The van der Waals surface area contributed by atoms with Crippen molar-refractivity contribution in [1.82, 2.24) is 19.7 Å². The van der Waals surface area contributed by atoms with E-state index in [1.165, 1.54) is 12.8 Å². The van der Waals surface area contributed by atoms with Crippen LogP contribution in [-0.2, 0) is 7.05 Å². The van der Waals surface area contributed by atoms with Crippen LogP contribution in [0.4, 0.5) is 0 Å². The molecule has 0 aromatic carbocycles. The van der Waals surface area contributed by atoms with Gasteiger partial charge in [-0.25, -0.2) is 4.98 Å². The number of amides is 1. The molecule has 0 atom stereocenters. The van der Waals surface area contributed by atoms with Gasteiger partial charge in [0.1, 0.15) is 0 Å². The quantitative estimate of drug-likeness (QED) is 0.800. The molecule has 0 radical (unpaired) electrons. The molecule has 1 aliphatic rings. The molecule has 0 aliphatic carbocycles. The third kappa shape index (κ3) is 2.28. The van der Waals surface area contributed by atoms with E-state index in [0.29, 0.717) is 5.56 Å². The zero-order valence-electron chi connectivity index (χ0n) is 12.1. The highest BCUT2D eigenvalue weighted by molar-refractivity contribution is 5.97. The lowest BCUT2D eigenvalue weighted by Gasteiger charge is -2.20. The summed E-state index contributed by atoms with van der Waals surface area (Å²) in [6, 6.07) is 1.93. The smallest absolute Gasteiger partial charge is 0.255 e. The summed E-state index contributed by atoms with van der Waals surface area (Å²) in [5.74, 6) is 0.101. The van der Waals surface area contributed by atoms with Crippen molar-refractivity contribution in [1.29, 1.82) is 0 Å². The number of carbonyl (C=O) groups excluding carboxylic acids is 1. The van der Waals surface area contributed by atoms with Crippen molar-refractivity contribution in [3.63, 3.8) is 0 Å². The van der Waals surface area contributed by atoms with Gasteiger partial charge in [-0.05, 0) is 25.8 Å². The molecular weight excluding hydrogens is 252 g/mol. The Kier molecular flexibility index (Phi) is 3.42. The highest BCUT2D eigenvalue weighted by atomic mass is 16.2. The fourth-order valence-electron chi connectivity index (χ4n) is 2.88. The van der Waals surface area contributed by atoms with E-state index in [-0.39, 0.29) is 5.91 Å². The van der Waals surface area contributed by atoms with Gasteiger partial charge in [-0.1, -0.05) is 12.8 Å².